The maximum atomic E-state index is 13.3. The number of carbonyl (C=O) groups is 3. The highest BCUT2D eigenvalue weighted by molar-refractivity contribution is 7.13. The Morgan fingerprint density at radius 1 is 1.23 bits per heavy atom. The molecule has 1 aromatic heterocycles. The minimum atomic E-state index is -0.775. The Bertz CT molecular complexity index is 1020. The summed E-state index contributed by atoms with van der Waals surface area (Å²) in [5.74, 6) is -0.615. The van der Waals surface area contributed by atoms with Gasteiger partial charge in [0.05, 0.1) is 22.2 Å². The molecule has 3 amide bonds. The van der Waals surface area contributed by atoms with Crippen LogP contribution in [0.1, 0.15) is 57.7 Å². The first kappa shape index (κ1) is 26.8. The first-order chi connectivity index (χ1) is 16.7. The van der Waals surface area contributed by atoms with Crippen molar-refractivity contribution in [3.63, 3.8) is 0 Å². The molecule has 3 unspecified atom stereocenters. The van der Waals surface area contributed by atoms with Crippen LogP contribution in [0.3, 0.4) is 0 Å². The SMILES string of the molecule is CCCC(=O)NC(CC(C)C)C(=O)N1CC(O)CC1C(=O)NCc1ccc(-c2scnc2C)cc1. The highest BCUT2D eigenvalue weighted by Crippen LogP contribution is 2.27. The lowest BCUT2D eigenvalue weighted by Gasteiger charge is -2.29. The summed E-state index contributed by atoms with van der Waals surface area (Å²) in [5, 5.41) is 16.0. The van der Waals surface area contributed by atoms with E-state index in [1.54, 1.807) is 11.3 Å². The van der Waals surface area contributed by atoms with Crippen molar-refractivity contribution in [2.45, 2.75) is 78.1 Å². The standard InChI is InChI=1S/C26H36N4O4S/c1-5-6-23(32)29-21(11-16(2)3)26(34)30-14-20(31)12-22(30)25(33)27-13-18-7-9-19(10-8-18)24-17(4)28-15-35-24/h7-10,15-16,20-22,31H,5-6,11-14H2,1-4H3,(H,27,33)(H,29,32). The van der Waals surface area contributed by atoms with Crippen LogP contribution in [0.2, 0.25) is 0 Å². The van der Waals surface area contributed by atoms with E-state index in [-0.39, 0.29) is 36.6 Å². The van der Waals surface area contributed by atoms with Crippen molar-refractivity contribution in [3.05, 3.63) is 41.0 Å². The maximum Gasteiger partial charge on any atom is 0.245 e. The molecule has 0 bridgehead atoms. The second-order valence-corrected chi connectivity index (χ2v) is 10.4. The van der Waals surface area contributed by atoms with E-state index >= 15 is 0 Å². The van der Waals surface area contributed by atoms with E-state index in [4.69, 9.17) is 0 Å². The predicted octanol–water partition coefficient (Wildman–Crippen LogP) is 3.03. The summed E-state index contributed by atoms with van der Waals surface area (Å²) in [6.45, 7) is 8.25. The summed E-state index contributed by atoms with van der Waals surface area (Å²) in [7, 11) is 0. The van der Waals surface area contributed by atoms with Crippen molar-refractivity contribution < 1.29 is 19.5 Å². The van der Waals surface area contributed by atoms with Crippen molar-refractivity contribution in [1.29, 1.82) is 0 Å². The summed E-state index contributed by atoms with van der Waals surface area (Å²) in [4.78, 5) is 45.4. The zero-order valence-electron chi connectivity index (χ0n) is 20.9. The molecule has 0 aliphatic carbocycles. The van der Waals surface area contributed by atoms with Crippen LogP contribution in [0.4, 0.5) is 0 Å². The second-order valence-electron chi connectivity index (χ2n) is 9.58. The third kappa shape index (κ3) is 7.11. The first-order valence-corrected chi connectivity index (χ1v) is 13.1. The molecule has 9 heteroatoms. The van der Waals surface area contributed by atoms with Crippen molar-refractivity contribution in [1.82, 2.24) is 20.5 Å². The Hall–Kier alpha value is -2.78. The molecule has 0 radical (unpaired) electrons. The molecule has 1 aromatic carbocycles. The van der Waals surface area contributed by atoms with Gasteiger partial charge >= 0.3 is 0 Å². The number of aryl methyl sites for hydroxylation is 1. The van der Waals surface area contributed by atoms with E-state index in [9.17, 15) is 19.5 Å². The fourth-order valence-electron chi connectivity index (χ4n) is 4.35. The average Bonchev–Trinajstić information content (AvgIpc) is 3.42. The summed E-state index contributed by atoms with van der Waals surface area (Å²) in [6, 6.07) is 6.46. The molecule has 0 saturated carbocycles. The van der Waals surface area contributed by atoms with E-state index in [0.29, 0.717) is 25.8 Å². The number of hydrogen-bond acceptors (Lipinski definition) is 6. The van der Waals surface area contributed by atoms with Crippen LogP contribution in [0.25, 0.3) is 10.4 Å². The number of carbonyl (C=O) groups excluding carboxylic acids is 3. The Balaban J connectivity index is 1.64. The monoisotopic (exact) mass is 500 g/mol. The molecule has 3 N–H and O–H groups in total. The zero-order valence-corrected chi connectivity index (χ0v) is 21.7. The van der Waals surface area contributed by atoms with Gasteiger partial charge in [-0.2, -0.15) is 0 Å². The minimum Gasteiger partial charge on any atom is -0.391 e. The molecule has 2 aromatic rings. The number of aliphatic hydroxyl groups excluding tert-OH is 1. The van der Waals surface area contributed by atoms with E-state index in [1.165, 1.54) is 4.90 Å². The van der Waals surface area contributed by atoms with Gasteiger partial charge < -0.3 is 20.6 Å². The topological polar surface area (TPSA) is 112 Å². The summed E-state index contributed by atoms with van der Waals surface area (Å²) < 4.78 is 0. The summed E-state index contributed by atoms with van der Waals surface area (Å²) in [6.07, 6.45) is 0.907. The number of β-amino-alcohol motifs (C(OH)–C–C–N with tert-alkyl or cyclic N) is 1. The number of benzene rings is 1. The molecule has 0 spiro atoms. The van der Waals surface area contributed by atoms with Gasteiger partial charge in [0.15, 0.2) is 0 Å². The van der Waals surface area contributed by atoms with Gasteiger partial charge in [-0.25, -0.2) is 4.98 Å². The van der Waals surface area contributed by atoms with Crippen LogP contribution in [0, 0.1) is 12.8 Å². The quantitative estimate of drug-likeness (QED) is 0.464. The number of likely N-dealkylation sites (tertiary alicyclic amines) is 1. The number of nitrogens with zero attached hydrogens (tertiary/aromatic N) is 2. The van der Waals surface area contributed by atoms with E-state index in [1.807, 2.05) is 57.5 Å². The Morgan fingerprint density at radius 3 is 2.54 bits per heavy atom. The fourth-order valence-corrected chi connectivity index (χ4v) is 5.16. The molecule has 8 nitrogen and oxygen atoms in total. The summed E-state index contributed by atoms with van der Waals surface area (Å²) in [5.41, 5.74) is 4.83. The van der Waals surface area contributed by atoms with Gasteiger partial charge in [-0.3, -0.25) is 14.4 Å². The molecule has 2 heterocycles. The van der Waals surface area contributed by atoms with E-state index < -0.39 is 18.2 Å². The lowest BCUT2D eigenvalue weighted by Crippen LogP contribution is -2.53. The first-order valence-electron chi connectivity index (χ1n) is 12.2. The number of aliphatic hydroxyl groups is 1. The predicted molar refractivity (Wildman–Crippen MR) is 137 cm³/mol. The van der Waals surface area contributed by atoms with Crippen LogP contribution in [0.15, 0.2) is 29.8 Å². The maximum absolute atomic E-state index is 13.3. The largest absolute Gasteiger partial charge is 0.391 e. The van der Waals surface area contributed by atoms with Crippen LogP contribution in [-0.4, -0.2) is 57.4 Å². The fraction of sp³-hybridized carbons (Fsp3) is 0.538. The Labute approximate surface area is 211 Å². The minimum absolute atomic E-state index is 0.0814. The Kier molecular flexibility index (Phi) is 9.40. The summed E-state index contributed by atoms with van der Waals surface area (Å²) >= 11 is 1.59. The number of rotatable bonds is 10. The molecule has 1 aliphatic heterocycles. The normalized spacial score (nSPS) is 18.5. The average molecular weight is 501 g/mol. The molecule has 3 rings (SSSR count). The highest BCUT2D eigenvalue weighted by atomic mass is 32.1. The number of thiazole rings is 1. The van der Waals surface area contributed by atoms with E-state index in [2.05, 4.69) is 15.6 Å². The lowest BCUT2D eigenvalue weighted by molar-refractivity contribution is -0.142. The lowest BCUT2D eigenvalue weighted by atomic mass is 10.0. The molecule has 3 atom stereocenters. The number of amides is 3. The van der Waals surface area contributed by atoms with Gasteiger partial charge in [-0.1, -0.05) is 45.0 Å². The van der Waals surface area contributed by atoms with E-state index in [0.717, 1.165) is 21.7 Å². The van der Waals surface area contributed by atoms with Crippen molar-refractivity contribution in [2.24, 2.45) is 5.92 Å². The number of nitrogens with one attached hydrogen (secondary N) is 2. The molecule has 35 heavy (non-hydrogen) atoms. The molecular weight excluding hydrogens is 464 g/mol. The second kappa shape index (κ2) is 12.3. The van der Waals surface area contributed by atoms with Crippen molar-refractivity contribution in [3.8, 4) is 10.4 Å². The highest BCUT2D eigenvalue weighted by Gasteiger charge is 2.41. The van der Waals surface area contributed by atoms with Crippen LogP contribution < -0.4 is 10.6 Å². The van der Waals surface area contributed by atoms with Gasteiger partial charge in [0.1, 0.15) is 12.1 Å². The third-order valence-corrected chi connectivity index (χ3v) is 7.09. The van der Waals surface area contributed by atoms with Crippen LogP contribution in [0.5, 0.6) is 0 Å². The molecule has 1 saturated heterocycles. The van der Waals surface area contributed by atoms with Crippen LogP contribution >= 0.6 is 11.3 Å². The molecule has 1 fully saturated rings. The molecule has 190 valence electrons. The van der Waals surface area contributed by atoms with Gasteiger partial charge in [0.2, 0.25) is 17.7 Å². The van der Waals surface area contributed by atoms with Crippen molar-refractivity contribution >= 4 is 29.1 Å². The molecule has 1 aliphatic rings. The number of aromatic nitrogens is 1. The van der Waals surface area contributed by atoms with Crippen LogP contribution in [-0.2, 0) is 20.9 Å². The zero-order chi connectivity index (χ0) is 25.5. The number of hydrogen-bond donors (Lipinski definition) is 3. The van der Waals surface area contributed by atoms with Crippen molar-refractivity contribution in [2.75, 3.05) is 6.54 Å². The van der Waals surface area contributed by atoms with Gasteiger partial charge in [-0.05, 0) is 36.8 Å². The smallest absolute Gasteiger partial charge is 0.245 e. The third-order valence-electron chi connectivity index (χ3n) is 6.11. The van der Waals surface area contributed by atoms with Gasteiger partial charge in [0.25, 0.3) is 0 Å². The molecular formula is C26H36N4O4S. The van der Waals surface area contributed by atoms with Gasteiger partial charge in [0, 0.05) is 25.9 Å². The van der Waals surface area contributed by atoms with Gasteiger partial charge in [-0.15, -0.1) is 11.3 Å². The Morgan fingerprint density at radius 2 is 1.94 bits per heavy atom.